The second-order valence-corrected chi connectivity index (χ2v) is 2.06. The largest absolute Gasteiger partial charge is 0.356 e. The van der Waals surface area contributed by atoms with E-state index in [1.54, 1.807) is 0 Å². The summed E-state index contributed by atoms with van der Waals surface area (Å²) in [5.74, 6) is -0.175. The Morgan fingerprint density at radius 1 is 1.56 bits per heavy atom. The monoisotopic (exact) mass is 128 g/mol. The fourth-order valence-electron chi connectivity index (χ4n) is 0.603. The zero-order chi connectivity index (χ0) is 7.11. The summed E-state index contributed by atoms with van der Waals surface area (Å²) in [6.45, 7) is 6.09. The zero-order valence-corrected chi connectivity index (χ0v) is 5.94. The van der Waals surface area contributed by atoms with E-state index in [0.717, 1.165) is 13.0 Å². The van der Waals surface area contributed by atoms with E-state index in [2.05, 4.69) is 19.2 Å². The van der Waals surface area contributed by atoms with E-state index < -0.39 is 0 Å². The van der Waals surface area contributed by atoms with Gasteiger partial charge in [-0.25, -0.2) is 0 Å². The maximum absolute atomic E-state index is 10.2. The molecule has 0 spiro atoms. The lowest BCUT2D eigenvalue weighted by Gasteiger charge is -1.98. The number of carbonyl (C=O) groups excluding carboxylic acids is 1. The van der Waals surface area contributed by atoms with Crippen LogP contribution in [-0.4, -0.2) is 12.5 Å². The van der Waals surface area contributed by atoms with Crippen LogP contribution in [0.1, 0.15) is 26.2 Å². The third-order valence-corrected chi connectivity index (χ3v) is 1.10. The first-order valence-corrected chi connectivity index (χ1v) is 3.37. The molecule has 0 saturated carbocycles. The Balaban J connectivity index is 2.83. The normalized spacial score (nSPS) is 9.11. The van der Waals surface area contributed by atoms with Crippen molar-refractivity contribution >= 4 is 5.91 Å². The predicted molar refractivity (Wildman–Crippen MR) is 37.9 cm³/mol. The Morgan fingerprint density at radius 2 is 2.22 bits per heavy atom. The first-order chi connectivity index (χ1) is 4.27. The molecule has 2 nitrogen and oxygen atoms in total. The van der Waals surface area contributed by atoms with E-state index in [1.807, 2.05) is 0 Å². The summed E-state index contributed by atoms with van der Waals surface area (Å²) in [6.07, 6.45) is 3.44. The summed E-state index contributed by atoms with van der Waals surface area (Å²) >= 11 is 0. The van der Waals surface area contributed by atoms with Crippen LogP contribution in [0.4, 0.5) is 0 Å². The molecule has 53 valence electrons. The van der Waals surface area contributed by atoms with Gasteiger partial charge < -0.3 is 5.32 Å². The molecule has 0 rings (SSSR count). The van der Waals surface area contributed by atoms with Crippen molar-refractivity contribution in [3.05, 3.63) is 6.92 Å². The molecule has 0 aromatic rings. The summed E-state index contributed by atoms with van der Waals surface area (Å²) in [5, 5.41) is 2.63. The molecule has 0 fully saturated rings. The third-order valence-electron chi connectivity index (χ3n) is 1.10. The summed E-state index contributed by atoms with van der Waals surface area (Å²) in [4.78, 5) is 10.2. The Labute approximate surface area is 56.6 Å². The van der Waals surface area contributed by atoms with Gasteiger partial charge in [-0.05, 0) is 6.42 Å². The smallest absolute Gasteiger partial charge is 0.220 e. The fourth-order valence-corrected chi connectivity index (χ4v) is 0.603. The predicted octanol–water partition coefficient (Wildman–Crippen LogP) is 1.13. The van der Waals surface area contributed by atoms with Gasteiger partial charge in [-0.3, -0.25) is 4.79 Å². The van der Waals surface area contributed by atoms with Crippen LogP contribution >= 0.6 is 0 Å². The number of rotatable bonds is 4. The van der Waals surface area contributed by atoms with E-state index in [4.69, 9.17) is 0 Å². The van der Waals surface area contributed by atoms with Crippen molar-refractivity contribution in [2.75, 3.05) is 6.54 Å². The quantitative estimate of drug-likeness (QED) is 0.565. The SMILES string of the molecule is [CH2]C(=O)NCCCCC. The van der Waals surface area contributed by atoms with Crippen LogP contribution in [0.5, 0.6) is 0 Å². The second-order valence-electron chi connectivity index (χ2n) is 2.06. The molecule has 1 amide bonds. The summed E-state index contributed by atoms with van der Waals surface area (Å²) in [7, 11) is 0. The molecule has 0 aliphatic heterocycles. The number of amides is 1. The molecule has 0 unspecified atom stereocenters. The van der Waals surface area contributed by atoms with Gasteiger partial charge >= 0.3 is 0 Å². The number of hydrogen-bond donors (Lipinski definition) is 1. The summed E-state index contributed by atoms with van der Waals surface area (Å²) in [5.41, 5.74) is 0. The highest BCUT2D eigenvalue weighted by molar-refractivity contribution is 5.79. The molecule has 2 heteroatoms. The highest BCUT2D eigenvalue weighted by Crippen LogP contribution is 1.90. The van der Waals surface area contributed by atoms with Gasteiger partial charge in [0.15, 0.2) is 0 Å². The molecule has 0 aliphatic rings. The second kappa shape index (κ2) is 5.60. The van der Waals surface area contributed by atoms with Crippen molar-refractivity contribution in [2.45, 2.75) is 26.2 Å². The van der Waals surface area contributed by atoms with Crippen LogP contribution in [-0.2, 0) is 4.79 Å². The maximum atomic E-state index is 10.2. The van der Waals surface area contributed by atoms with Crippen LogP contribution in [0.3, 0.4) is 0 Å². The van der Waals surface area contributed by atoms with Crippen molar-refractivity contribution in [1.82, 2.24) is 5.32 Å². The number of hydrogen-bond acceptors (Lipinski definition) is 1. The van der Waals surface area contributed by atoms with Crippen LogP contribution in [0, 0.1) is 6.92 Å². The molecule has 1 radical (unpaired) electrons. The average Bonchev–Trinajstić information content (AvgIpc) is 1.80. The van der Waals surface area contributed by atoms with Crippen molar-refractivity contribution in [1.29, 1.82) is 0 Å². The third kappa shape index (κ3) is 7.47. The zero-order valence-electron chi connectivity index (χ0n) is 5.94. The van der Waals surface area contributed by atoms with Gasteiger partial charge in [0.25, 0.3) is 0 Å². The Hall–Kier alpha value is -0.530. The number of unbranched alkanes of at least 4 members (excludes halogenated alkanes) is 2. The maximum Gasteiger partial charge on any atom is 0.220 e. The molecule has 0 aromatic carbocycles. The molecular formula is C7H14NO. The molecule has 0 heterocycles. The first kappa shape index (κ1) is 8.47. The molecule has 9 heavy (non-hydrogen) atoms. The van der Waals surface area contributed by atoms with Crippen molar-refractivity contribution in [2.24, 2.45) is 0 Å². The van der Waals surface area contributed by atoms with Crippen LogP contribution in [0.2, 0.25) is 0 Å². The van der Waals surface area contributed by atoms with Gasteiger partial charge in [0.05, 0.1) is 0 Å². The van der Waals surface area contributed by atoms with Crippen LogP contribution < -0.4 is 5.32 Å². The molecule has 0 aliphatic carbocycles. The Morgan fingerprint density at radius 3 is 2.67 bits per heavy atom. The summed E-state index contributed by atoms with van der Waals surface area (Å²) in [6, 6.07) is 0. The van der Waals surface area contributed by atoms with Gasteiger partial charge in [0.2, 0.25) is 5.91 Å². The summed E-state index contributed by atoms with van der Waals surface area (Å²) < 4.78 is 0. The molecule has 1 N–H and O–H groups in total. The minimum atomic E-state index is -0.175. The lowest BCUT2D eigenvalue weighted by Crippen LogP contribution is -2.20. The topological polar surface area (TPSA) is 29.1 Å². The van der Waals surface area contributed by atoms with Gasteiger partial charge in [-0.15, -0.1) is 0 Å². The molecule has 0 bridgehead atoms. The van der Waals surface area contributed by atoms with Crippen molar-refractivity contribution in [3.63, 3.8) is 0 Å². The van der Waals surface area contributed by atoms with Gasteiger partial charge in [-0.2, -0.15) is 0 Å². The van der Waals surface area contributed by atoms with E-state index in [-0.39, 0.29) is 5.91 Å². The minimum Gasteiger partial charge on any atom is -0.356 e. The van der Waals surface area contributed by atoms with E-state index >= 15 is 0 Å². The highest BCUT2D eigenvalue weighted by Gasteiger charge is 1.87. The Bertz CT molecular complexity index is 81.0. The lowest BCUT2D eigenvalue weighted by atomic mass is 10.2. The van der Waals surface area contributed by atoms with E-state index in [9.17, 15) is 4.79 Å². The van der Waals surface area contributed by atoms with Gasteiger partial charge in [0, 0.05) is 13.5 Å². The Kier molecular flexibility index (Phi) is 5.27. The first-order valence-electron chi connectivity index (χ1n) is 3.37. The molecule has 0 atom stereocenters. The fraction of sp³-hybridized carbons (Fsp3) is 0.714. The van der Waals surface area contributed by atoms with Gasteiger partial charge in [0.1, 0.15) is 0 Å². The van der Waals surface area contributed by atoms with Crippen molar-refractivity contribution < 1.29 is 4.79 Å². The number of carbonyl (C=O) groups is 1. The molecular weight excluding hydrogens is 114 g/mol. The van der Waals surface area contributed by atoms with Gasteiger partial charge in [-0.1, -0.05) is 19.8 Å². The standard InChI is InChI=1S/C7H14NO/c1-3-4-5-6-8-7(2)9/h2-6H2,1H3,(H,8,9). The van der Waals surface area contributed by atoms with E-state index in [1.165, 1.54) is 12.8 Å². The lowest BCUT2D eigenvalue weighted by molar-refractivity contribution is -0.116. The highest BCUT2D eigenvalue weighted by atomic mass is 16.1. The molecule has 0 aromatic heterocycles. The van der Waals surface area contributed by atoms with E-state index in [0.29, 0.717) is 0 Å². The average molecular weight is 128 g/mol. The minimum absolute atomic E-state index is 0.175. The molecule has 0 saturated heterocycles. The van der Waals surface area contributed by atoms with Crippen molar-refractivity contribution in [3.8, 4) is 0 Å². The van der Waals surface area contributed by atoms with Crippen LogP contribution in [0.15, 0.2) is 0 Å². The number of nitrogens with one attached hydrogen (secondary N) is 1. The van der Waals surface area contributed by atoms with Crippen LogP contribution in [0.25, 0.3) is 0 Å².